The van der Waals surface area contributed by atoms with Crippen LogP contribution in [-0.2, 0) is 16.1 Å². The van der Waals surface area contributed by atoms with Gasteiger partial charge in [0.15, 0.2) is 0 Å². The van der Waals surface area contributed by atoms with Gasteiger partial charge in [0.2, 0.25) is 0 Å². The Morgan fingerprint density at radius 3 is 2.39 bits per heavy atom. The Labute approximate surface area is 166 Å². The van der Waals surface area contributed by atoms with Crippen LogP contribution in [0.5, 0.6) is 0 Å². The maximum atomic E-state index is 13.1. The Balaban J connectivity index is 1.95. The van der Waals surface area contributed by atoms with Gasteiger partial charge in [-0.15, -0.1) is 5.06 Å². The van der Waals surface area contributed by atoms with Gasteiger partial charge in [0, 0.05) is 29.8 Å². The van der Waals surface area contributed by atoms with Gasteiger partial charge in [-0.2, -0.15) is 0 Å². The Hall–Kier alpha value is -2.82. The number of hydrogen-bond donors (Lipinski definition) is 1. The molecule has 0 aromatic heterocycles. The molecule has 148 valence electrons. The molecule has 1 amide bonds. The maximum Gasteiger partial charge on any atom is 0.330 e. The van der Waals surface area contributed by atoms with Crippen molar-refractivity contribution in [2.24, 2.45) is 0 Å². The Morgan fingerprint density at radius 1 is 1.04 bits per heavy atom. The van der Waals surface area contributed by atoms with Gasteiger partial charge in [-0.25, -0.2) is 4.79 Å². The van der Waals surface area contributed by atoms with Gasteiger partial charge in [-0.1, -0.05) is 50.5 Å². The van der Waals surface area contributed by atoms with E-state index < -0.39 is 5.97 Å². The molecule has 0 aliphatic heterocycles. The molecular weight excluding hydrogens is 352 g/mol. The van der Waals surface area contributed by atoms with Crippen molar-refractivity contribution in [3.8, 4) is 0 Å². The van der Waals surface area contributed by atoms with Crippen LogP contribution in [0.1, 0.15) is 61.9 Å². The predicted octanol–water partition coefficient (Wildman–Crippen LogP) is 5.12. The minimum atomic E-state index is -0.531. The lowest BCUT2D eigenvalue weighted by Crippen LogP contribution is -2.34. The van der Waals surface area contributed by atoms with Crippen LogP contribution in [0.4, 0.5) is 11.4 Å². The molecule has 0 spiro atoms. The molecule has 0 bridgehead atoms. The van der Waals surface area contributed by atoms with Crippen LogP contribution in [0.3, 0.4) is 0 Å². The van der Waals surface area contributed by atoms with E-state index in [1.54, 1.807) is 24.3 Å². The number of carbonyl (C=O) groups excluding carboxylic acids is 2. The summed E-state index contributed by atoms with van der Waals surface area (Å²) in [5, 5.41) is 4.78. The molecule has 0 unspecified atom stereocenters. The van der Waals surface area contributed by atoms with E-state index >= 15 is 0 Å². The molecule has 28 heavy (non-hydrogen) atoms. The molecule has 2 aromatic carbocycles. The number of rotatable bonds is 5. The summed E-state index contributed by atoms with van der Waals surface area (Å²) < 4.78 is 0. The number of benzene rings is 2. The fourth-order valence-corrected chi connectivity index (χ4v) is 3.77. The number of hydroxylamine groups is 1. The lowest BCUT2D eigenvalue weighted by molar-refractivity contribution is -0.141. The van der Waals surface area contributed by atoms with Gasteiger partial charge in [-0.05, 0) is 43.5 Å². The van der Waals surface area contributed by atoms with Crippen LogP contribution in [0.2, 0.25) is 0 Å². The first-order valence-electron chi connectivity index (χ1n) is 10.1. The van der Waals surface area contributed by atoms with Crippen molar-refractivity contribution in [3.63, 3.8) is 0 Å². The molecule has 1 aliphatic rings. The Kier molecular flexibility index (Phi) is 6.69. The van der Waals surface area contributed by atoms with E-state index in [0.717, 1.165) is 29.2 Å². The predicted molar refractivity (Wildman–Crippen MR) is 111 cm³/mol. The van der Waals surface area contributed by atoms with Crippen molar-refractivity contribution in [1.29, 1.82) is 0 Å². The second-order valence-electron chi connectivity index (χ2n) is 7.18. The van der Waals surface area contributed by atoms with Gasteiger partial charge in [0.25, 0.3) is 5.91 Å². The first kappa shape index (κ1) is 19.9. The smallest absolute Gasteiger partial charge is 0.330 e. The number of anilines is 2. The molecule has 0 radical (unpaired) electrons. The average molecular weight is 380 g/mol. The molecule has 1 fully saturated rings. The number of amides is 1. The molecule has 0 atom stereocenters. The number of carbonyl (C=O) groups is 2. The zero-order chi connectivity index (χ0) is 19.9. The highest BCUT2D eigenvalue weighted by Gasteiger charge is 2.25. The summed E-state index contributed by atoms with van der Waals surface area (Å²) in [6, 6.07) is 15.1. The molecule has 5 heteroatoms. The summed E-state index contributed by atoms with van der Waals surface area (Å²) in [5.74, 6) is -0.891. The van der Waals surface area contributed by atoms with Crippen molar-refractivity contribution in [2.75, 3.05) is 10.4 Å². The third-order valence-electron chi connectivity index (χ3n) is 5.11. The van der Waals surface area contributed by atoms with Gasteiger partial charge < -0.3 is 10.2 Å². The van der Waals surface area contributed by atoms with Crippen LogP contribution in [0.15, 0.2) is 48.5 Å². The van der Waals surface area contributed by atoms with Crippen LogP contribution in [-0.4, -0.2) is 17.9 Å². The first-order chi connectivity index (χ1) is 13.6. The maximum absolute atomic E-state index is 13.1. The van der Waals surface area contributed by atoms with Gasteiger partial charge in [0.1, 0.15) is 0 Å². The molecule has 1 N–H and O–H groups in total. The topological polar surface area (TPSA) is 58.6 Å². The summed E-state index contributed by atoms with van der Waals surface area (Å²) >= 11 is 0. The normalized spacial score (nSPS) is 14.4. The molecular formula is C23H28N2O3. The van der Waals surface area contributed by atoms with Crippen LogP contribution >= 0.6 is 0 Å². The molecule has 0 heterocycles. The number of nitrogens with zero attached hydrogens (tertiary/aromatic N) is 1. The molecule has 0 saturated heterocycles. The minimum Gasteiger partial charge on any atom is -0.382 e. The van der Waals surface area contributed by atoms with E-state index in [4.69, 9.17) is 4.84 Å². The van der Waals surface area contributed by atoms with Crippen LogP contribution < -0.4 is 10.4 Å². The van der Waals surface area contributed by atoms with E-state index in [9.17, 15) is 9.59 Å². The van der Waals surface area contributed by atoms with Crippen LogP contribution in [0, 0.1) is 0 Å². The minimum absolute atomic E-state index is 0.361. The quantitative estimate of drug-likeness (QED) is 0.732. The van der Waals surface area contributed by atoms with Crippen molar-refractivity contribution >= 4 is 23.3 Å². The van der Waals surface area contributed by atoms with Crippen molar-refractivity contribution in [3.05, 3.63) is 59.7 Å². The van der Waals surface area contributed by atoms with Crippen molar-refractivity contribution in [2.45, 2.75) is 58.4 Å². The fraction of sp³-hybridized carbons (Fsp3) is 0.391. The summed E-state index contributed by atoms with van der Waals surface area (Å²) in [6.45, 7) is 3.35. The lowest BCUT2D eigenvalue weighted by Gasteiger charge is -2.28. The second kappa shape index (κ2) is 9.40. The summed E-state index contributed by atoms with van der Waals surface area (Å²) in [7, 11) is 0. The summed E-state index contributed by atoms with van der Waals surface area (Å²) in [4.78, 5) is 30.2. The number of nitrogens with one attached hydrogen (secondary N) is 1. The largest absolute Gasteiger partial charge is 0.382 e. The zero-order valence-corrected chi connectivity index (χ0v) is 16.6. The third kappa shape index (κ3) is 4.71. The lowest BCUT2D eigenvalue weighted by atomic mass is 9.94. The first-order valence-corrected chi connectivity index (χ1v) is 10.1. The SMILES string of the molecule is CCc1c(NC2CCCCC2)cccc1N(OC(C)=O)C(=O)c1ccccc1. The van der Waals surface area contributed by atoms with E-state index in [0.29, 0.717) is 23.7 Å². The Morgan fingerprint density at radius 2 is 1.75 bits per heavy atom. The summed E-state index contributed by atoms with van der Waals surface area (Å²) in [6.07, 6.45) is 6.81. The standard InChI is InChI=1S/C23H28N2O3/c1-3-20-21(24-19-13-8-5-9-14-19)15-10-16-22(20)25(28-17(2)26)23(27)18-11-6-4-7-12-18/h4,6-7,10-12,15-16,19,24H,3,5,8-9,13-14H2,1-2H3. The molecule has 5 nitrogen and oxygen atoms in total. The molecule has 1 aliphatic carbocycles. The highest BCUT2D eigenvalue weighted by Crippen LogP contribution is 2.32. The average Bonchev–Trinajstić information content (AvgIpc) is 2.72. The highest BCUT2D eigenvalue weighted by molar-refractivity contribution is 6.06. The van der Waals surface area contributed by atoms with Gasteiger partial charge in [-0.3, -0.25) is 4.79 Å². The van der Waals surface area contributed by atoms with Gasteiger partial charge >= 0.3 is 5.97 Å². The molecule has 2 aromatic rings. The molecule has 1 saturated carbocycles. The van der Waals surface area contributed by atoms with Gasteiger partial charge in [0.05, 0.1) is 5.69 Å². The number of hydrogen-bond acceptors (Lipinski definition) is 4. The van der Waals surface area contributed by atoms with E-state index in [1.165, 1.54) is 26.2 Å². The van der Waals surface area contributed by atoms with Crippen molar-refractivity contribution < 1.29 is 14.4 Å². The zero-order valence-electron chi connectivity index (χ0n) is 16.6. The van der Waals surface area contributed by atoms with Crippen molar-refractivity contribution in [1.82, 2.24) is 0 Å². The molecule has 3 rings (SSSR count). The van der Waals surface area contributed by atoms with E-state index in [2.05, 4.69) is 5.32 Å². The third-order valence-corrected chi connectivity index (χ3v) is 5.11. The van der Waals surface area contributed by atoms with Crippen LogP contribution in [0.25, 0.3) is 0 Å². The monoisotopic (exact) mass is 380 g/mol. The van der Waals surface area contributed by atoms with E-state index in [1.807, 2.05) is 31.2 Å². The second-order valence-corrected chi connectivity index (χ2v) is 7.18. The summed E-state index contributed by atoms with van der Waals surface area (Å²) in [5.41, 5.74) is 3.05. The van der Waals surface area contributed by atoms with E-state index in [-0.39, 0.29) is 5.91 Å². The Bertz CT molecular complexity index is 814. The fourth-order valence-electron chi connectivity index (χ4n) is 3.77. The highest BCUT2D eigenvalue weighted by atomic mass is 16.7.